The fraction of sp³-hybridized carbons (Fsp3) is 0.182. The van der Waals surface area contributed by atoms with Crippen LogP contribution in [-0.2, 0) is 9.53 Å². The highest BCUT2D eigenvalue weighted by molar-refractivity contribution is 6.30. The Morgan fingerprint density at radius 3 is 2.57 bits per heavy atom. The van der Waals surface area contributed by atoms with Crippen molar-refractivity contribution < 1.29 is 9.53 Å². The Morgan fingerprint density at radius 2 is 1.93 bits per heavy atom. The minimum absolute atomic E-state index is 0.169. The topological polar surface area (TPSA) is 26.3 Å². The van der Waals surface area contributed by atoms with Gasteiger partial charge in [-0.15, -0.1) is 0 Å². The van der Waals surface area contributed by atoms with Crippen LogP contribution in [0, 0.1) is 0 Å². The first-order valence-electron chi connectivity index (χ1n) is 4.42. The number of ether oxygens (including phenoxy) is 1. The van der Waals surface area contributed by atoms with E-state index < -0.39 is 0 Å². The Bertz CT molecular complexity index is 379. The first-order chi connectivity index (χ1) is 6.75. The third-order valence-corrected chi connectivity index (χ3v) is 2.28. The van der Waals surface area contributed by atoms with Crippen molar-refractivity contribution in [3.05, 3.63) is 40.9 Å². The molecule has 0 amide bonds. The first-order valence-corrected chi connectivity index (χ1v) is 4.80. The van der Waals surface area contributed by atoms with Crippen LogP contribution < -0.4 is 0 Å². The predicted molar refractivity (Wildman–Crippen MR) is 54.8 cm³/mol. The highest BCUT2D eigenvalue weighted by Gasteiger charge is 2.13. The highest BCUT2D eigenvalue weighted by Crippen LogP contribution is 2.23. The molecule has 2 rings (SSSR count). The van der Waals surface area contributed by atoms with E-state index in [4.69, 9.17) is 16.3 Å². The summed E-state index contributed by atoms with van der Waals surface area (Å²) in [5.74, 6) is 0.468. The Balaban J connectivity index is 2.26. The van der Waals surface area contributed by atoms with Crippen LogP contribution in [0.25, 0.3) is 5.76 Å². The predicted octanol–water partition coefficient (Wildman–Crippen LogP) is 3.02. The maximum atomic E-state index is 11.0. The van der Waals surface area contributed by atoms with Gasteiger partial charge in [-0.3, -0.25) is 4.79 Å². The number of halogens is 1. The van der Waals surface area contributed by atoms with Crippen molar-refractivity contribution in [3.8, 4) is 0 Å². The third-order valence-electron chi connectivity index (χ3n) is 2.03. The number of cyclic esters (lactones) is 1. The number of carbonyl (C=O) groups is 1. The van der Waals surface area contributed by atoms with Gasteiger partial charge in [0.15, 0.2) is 0 Å². The Kier molecular flexibility index (Phi) is 2.55. The lowest BCUT2D eigenvalue weighted by atomic mass is 10.1. The maximum absolute atomic E-state index is 11.0. The molecule has 0 fully saturated rings. The molecule has 3 heteroatoms. The quantitative estimate of drug-likeness (QED) is 0.664. The zero-order valence-corrected chi connectivity index (χ0v) is 8.25. The summed E-state index contributed by atoms with van der Waals surface area (Å²) in [6.07, 6.45) is 3.14. The lowest BCUT2D eigenvalue weighted by Gasteiger charge is -2.12. The van der Waals surface area contributed by atoms with Gasteiger partial charge in [-0.05, 0) is 36.8 Å². The molecule has 0 saturated carbocycles. The summed E-state index contributed by atoms with van der Waals surface area (Å²) in [5, 5.41) is 0.677. The van der Waals surface area contributed by atoms with Crippen molar-refractivity contribution in [2.45, 2.75) is 12.8 Å². The summed E-state index contributed by atoms with van der Waals surface area (Å²) in [4.78, 5) is 11.0. The van der Waals surface area contributed by atoms with Crippen molar-refractivity contribution in [2.75, 3.05) is 0 Å². The lowest BCUT2D eigenvalue weighted by molar-refractivity contribution is -0.137. The molecule has 0 aliphatic carbocycles. The molecule has 0 N–H and O–H groups in total. The molecule has 0 atom stereocenters. The smallest absolute Gasteiger partial charge is 0.311 e. The van der Waals surface area contributed by atoms with Crippen LogP contribution in [0.2, 0.25) is 5.02 Å². The number of allylic oxidation sites excluding steroid dienone is 1. The SMILES string of the molecule is O=C1CCC=C(c2ccc(Cl)cc2)O1. The average Bonchev–Trinajstić information content (AvgIpc) is 2.19. The molecule has 0 radical (unpaired) electrons. The van der Waals surface area contributed by atoms with Crippen LogP contribution in [-0.4, -0.2) is 5.97 Å². The van der Waals surface area contributed by atoms with Gasteiger partial charge in [0.1, 0.15) is 5.76 Å². The fourth-order valence-electron chi connectivity index (χ4n) is 1.33. The molecule has 1 aliphatic rings. The van der Waals surface area contributed by atoms with Crippen molar-refractivity contribution in [1.82, 2.24) is 0 Å². The molecule has 1 aliphatic heterocycles. The van der Waals surface area contributed by atoms with Gasteiger partial charge in [0.2, 0.25) is 0 Å². The van der Waals surface area contributed by atoms with Crippen molar-refractivity contribution in [1.29, 1.82) is 0 Å². The zero-order valence-electron chi connectivity index (χ0n) is 7.50. The monoisotopic (exact) mass is 208 g/mol. The Hall–Kier alpha value is -1.28. The van der Waals surface area contributed by atoms with E-state index in [1.54, 1.807) is 12.1 Å². The first kappa shape index (κ1) is 9.28. The second kappa shape index (κ2) is 3.84. The molecular weight excluding hydrogens is 200 g/mol. The van der Waals surface area contributed by atoms with Crippen LogP contribution in [0.3, 0.4) is 0 Å². The number of carbonyl (C=O) groups excluding carboxylic acids is 1. The van der Waals surface area contributed by atoms with Gasteiger partial charge in [-0.1, -0.05) is 11.6 Å². The molecule has 72 valence electrons. The van der Waals surface area contributed by atoms with Crippen LogP contribution in [0.1, 0.15) is 18.4 Å². The molecule has 0 bridgehead atoms. The van der Waals surface area contributed by atoms with Crippen LogP contribution in [0.4, 0.5) is 0 Å². The van der Waals surface area contributed by atoms with E-state index in [1.165, 1.54) is 0 Å². The summed E-state index contributed by atoms with van der Waals surface area (Å²) < 4.78 is 5.09. The molecule has 14 heavy (non-hydrogen) atoms. The van der Waals surface area contributed by atoms with Gasteiger partial charge in [-0.25, -0.2) is 0 Å². The van der Waals surface area contributed by atoms with Crippen molar-refractivity contribution in [2.24, 2.45) is 0 Å². The second-order valence-electron chi connectivity index (χ2n) is 3.09. The zero-order chi connectivity index (χ0) is 9.97. The second-order valence-corrected chi connectivity index (χ2v) is 3.52. The van der Waals surface area contributed by atoms with Gasteiger partial charge in [0, 0.05) is 17.0 Å². The fourth-order valence-corrected chi connectivity index (χ4v) is 1.45. The Morgan fingerprint density at radius 1 is 1.21 bits per heavy atom. The average molecular weight is 209 g/mol. The molecular formula is C11H9ClO2. The van der Waals surface area contributed by atoms with Gasteiger partial charge < -0.3 is 4.74 Å². The normalized spacial score (nSPS) is 16.1. The summed E-state index contributed by atoms with van der Waals surface area (Å²) in [7, 11) is 0. The highest BCUT2D eigenvalue weighted by atomic mass is 35.5. The number of esters is 1. The minimum Gasteiger partial charge on any atom is -0.426 e. The van der Waals surface area contributed by atoms with Crippen LogP contribution in [0.5, 0.6) is 0 Å². The van der Waals surface area contributed by atoms with E-state index in [1.807, 2.05) is 18.2 Å². The van der Waals surface area contributed by atoms with Gasteiger partial charge >= 0.3 is 5.97 Å². The van der Waals surface area contributed by atoms with Crippen molar-refractivity contribution in [3.63, 3.8) is 0 Å². The summed E-state index contributed by atoms with van der Waals surface area (Å²) in [6, 6.07) is 7.24. The minimum atomic E-state index is -0.169. The van der Waals surface area contributed by atoms with Gasteiger partial charge in [-0.2, -0.15) is 0 Å². The van der Waals surface area contributed by atoms with Gasteiger partial charge in [0.05, 0.1) is 0 Å². The lowest BCUT2D eigenvalue weighted by Crippen LogP contribution is -2.07. The summed E-state index contributed by atoms with van der Waals surface area (Å²) in [5.41, 5.74) is 0.891. The van der Waals surface area contributed by atoms with Crippen LogP contribution in [0.15, 0.2) is 30.3 Å². The van der Waals surface area contributed by atoms with E-state index in [2.05, 4.69) is 0 Å². The number of rotatable bonds is 1. The standard InChI is InChI=1S/C11H9ClO2/c12-9-6-4-8(5-7-9)10-2-1-3-11(13)14-10/h2,4-7H,1,3H2. The molecule has 1 aromatic rings. The molecule has 0 saturated heterocycles. The Labute approximate surface area is 87.1 Å². The van der Waals surface area contributed by atoms with E-state index >= 15 is 0 Å². The molecule has 2 nitrogen and oxygen atoms in total. The van der Waals surface area contributed by atoms with E-state index in [0.29, 0.717) is 17.2 Å². The largest absolute Gasteiger partial charge is 0.426 e. The van der Waals surface area contributed by atoms with E-state index in [-0.39, 0.29) is 5.97 Å². The molecule has 1 heterocycles. The number of benzene rings is 1. The van der Waals surface area contributed by atoms with Gasteiger partial charge in [0.25, 0.3) is 0 Å². The molecule has 0 unspecified atom stereocenters. The molecule has 1 aromatic carbocycles. The number of hydrogen-bond donors (Lipinski definition) is 0. The summed E-state index contributed by atoms with van der Waals surface area (Å²) in [6.45, 7) is 0. The van der Waals surface area contributed by atoms with Crippen molar-refractivity contribution >= 4 is 23.3 Å². The van der Waals surface area contributed by atoms with E-state index in [0.717, 1.165) is 12.0 Å². The number of hydrogen-bond acceptors (Lipinski definition) is 2. The van der Waals surface area contributed by atoms with E-state index in [9.17, 15) is 4.79 Å². The summed E-state index contributed by atoms with van der Waals surface area (Å²) >= 11 is 5.75. The third kappa shape index (κ3) is 1.96. The maximum Gasteiger partial charge on any atom is 0.311 e. The van der Waals surface area contributed by atoms with Crippen LogP contribution >= 0.6 is 11.6 Å². The molecule has 0 aromatic heterocycles. The molecule has 0 spiro atoms.